The van der Waals surface area contributed by atoms with Crippen LogP contribution in [0.5, 0.6) is 0 Å². The van der Waals surface area contributed by atoms with Crippen molar-refractivity contribution in [3.05, 3.63) is 22.2 Å². The maximum atomic E-state index is 11.6. The summed E-state index contributed by atoms with van der Waals surface area (Å²) in [5.41, 5.74) is 8.17. The van der Waals surface area contributed by atoms with Gasteiger partial charge < -0.3 is 9.42 Å². The fourth-order valence-corrected chi connectivity index (χ4v) is 2.05. The number of hydrogen-bond donors (Lipinski definition) is 0. The highest BCUT2D eigenvalue weighted by Gasteiger charge is 2.26. The van der Waals surface area contributed by atoms with Crippen LogP contribution in [0.3, 0.4) is 0 Å². The van der Waals surface area contributed by atoms with Crippen molar-refractivity contribution in [2.24, 2.45) is 5.11 Å². The van der Waals surface area contributed by atoms with Crippen LogP contribution in [-0.2, 0) is 4.79 Å². The van der Waals surface area contributed by atoms with Gasteiger partial charge in [0.05, 0.1) is 0 Å². The van der Waals surface area contributed by atoms with E-state index in [1.54, 1.807) is 11.8 Å². The van der Waals surface area contributed by atoms with Gasteiger partial charge in [0.25, 0.3) is 0 Å². The van der Waals surface area contributed by atoms with Gasteiger partial charge in [-0.15, -0.1) is 0 Å². The van der Waals surface area contributed by atoms with E-state index in [2.05, 4.69) is 20.2 Å². The molecule has 0 atom stereocenters. The summed E-state index contributed by atoms with van der Waals surface area (Å²) in [6.45, 7) is 2.93. The number of hydrogen-bond acceptors (Lipinski definition) is 5. The number of carbonyl (C=O) groups is 1. The minimum Gasteiger partial charge on any atom is -0.343 e. The van der Waals surface area contributed by atoms with Crippen molar-refractivity contribution in [1.29, 1.82) is 0 Å². The van der Waals surface area contributed by atoms with Gasteiger partial charge in [0, 0.05) is 23.9 Å². The molecule has 0 bridgehead atoms. The third-order valence-electron chi connectivity index (χ3n) is 3.01. The van der Waals surface area contributed by atoms with E-state index in [-0.39, 0.29) is 18.4 Å². The predicted octanol–water partition coefficient (Wildman–Crippen LogP) is 1.39. The van der Waals surface area contributed by atoms with E-state index < -0.39 is 0 Å². The van der Waals surface area contributed by atoms with Gasteiger partial charge in [0.1, 0.15) is 6.54 Å². The van der Waals surface area contributed by atoms with Crippen LogP contribution in [0, 0.1) is 6.92 Å². The third kappa shape index (κ3) is 2.78. The van der Waals surface area contributed by atoms with Crippen molar-refractivity contribution in [3.8, 4) is 0 Å². The Morgan fingerprint density at radius 1 is 1.61 bits per heavy atom. The molecule has 1 aliphatic rings. The summed E-state index contributed by atoms with van der Waals surface area (Å²) in [5, 5.41) is 7.04. The maximum Gasteiger partial charge on any atom is 0.229 e. The third-order valence-corrected chi connectivity index (χ3v) is 3.01. The van der Waals surface area contributed by atoms with Gasteiger partial charge in [0.15, 0.2) is 5.82 Å². The highest BCUT2D eigenvalue weighted by atomic mass is 16.5. The number of piperidine rings is 1. The van der Waals surface area contributed by atoms with Gasteiger partial charge in [-0.3, -0.25) is 4.79 Å². The van der Waals surface area contributed by atoms with Gasteiger partial charge >= 0.3 is 0 Å². The smallest absolute Gasteiger partial charge is 0.229 e. The molecular weight excluding hydrogens is 236 g/mol. The van der Waals surface area contributed by atoms with Crippen LogP contribution in [0.15, 0.2) is 9.64 Å². The first-order valence-electron chi connectivity index (χ1n) is 5.79. The molecule has 0 aromatic carbocycles. The molecule has 2 rings (SSSR count). The molecule has 0 spiro atoms. The molecule has 1 aromatic rings. The molecule has 1 amide bonds. The second kappa shape index (κ2) is 5.50. The summed E-state index contributed by atoms with van der Waals surface area (Å²) in [4.78, 5) is 20.1. The molecule has 0 saturated carbocycles. The first-order valence-corrected chi connectivity index (χ1v) is 5.79. The topological polar surface area (TPSA) is 108 Å². The van der Waals surface area contributed by atoms with Crippen molar-refractivity contribution >= 4 is 5.91 Å². The molecule has 2 heterocycles. The predicted molar refractivity (Wildman–Crippen MR) is 61.6 cm³/mol. The van der Waals surface area contributed by atoms with Crippen LogP contribution in [0.1, 0.15) is 30.5 Å². The van der Waals surface area contributed by atoms with Crippen LogP contribution >= 0.6 is 0 Å². The molecule has 1 saturated heterocycles. The van der Waals surface area contributed by atoms with Crippen LogP contribution in [0.2, 0.25) is 0 Å². The zero-order chi connectivity index (χ0) is 13.0. The lowest BCUT2D eigenvalue weighted by Crippen LogP contribution is -2.39. The Bertz CT molecular complexity index is 470. The van der Waals surface area contributed by atoms with Crippen LogP contribution in [0.4, 0.5) is 0 Å². The number of amides is 1. The van der Waals surface area contributed by atoms with E-state index in [0.29, 0.717) is 24.8 Å². The second-order valence-electron chi connectivity index (χ2n) is 4.22. The summed E-state index contributed by atoms with van der Waals surface area (Å²) in [7, 11) is 0. The molecule has 0 N–H and O–H groups in total. The maximum absolute atomic E-state index is 11.6. The second-order valence-corrected chi connectivity index (χ2v) is 4.22. The summed E-state index contributed by atoms with van der Waals surface area (Å²) >= 11 is 0. The molecule has 18 heavy (non-hydrogen) atoms. The van der Waals surface area contributed by atoms with E-state index in [1.165, 1.54) is 0 Å². The van der Waals surface area contributed by atoms with E-state index in [1.807, 2.05) is 0 Å². The molecule has 0 unspecified atom stereocenters. The summed E-state index contributed by atoms with van der Waals surface area (Å²) in [6, 6.07) is 0. The standard InChI is InChI=1S/C10H14N6O2/c1-7-13-10(18-14-7)8-2-4-16(5-3-8)9(17)6-12-15-11/h8H,2-6H2,1H3. The number of aromatic nitrogens is 2. The zero-order valence-corrected chi connectivity index (χ0v) is 10.1. The average molecular weight is 250 g/mol. The largest absolute Gasteiger partial charge is 0.343 e. The van der Waals surface area contributed by atoms with Gasteiger partial charge in [-0.25, -0.2) is 0 Å². The number of azide groups is 1. The van der Waals surface area contributed by atoms with Crippen molar-refractivity contribution in [1.82, 2.24) is 15.0 Å². The van der Waals surface area contributed by atoms with E-state index in [9.17, 15) is 4.79 Å². The number of rotatable bonds is 3. The first kappa shape index (κ1) is 12.4. The Hall–Kier alpha value is -2.08. The molecule has 0 aliphatic carbocycles. The first-order chi connectivity index (χ1) is 8.70. The summed E-state index contributed by atoms with van der Waals surface area (Å²) in [5.74, 6) is 1.36. The molecule has 8 nitrogen and oxygen atoms in total. The Morgan fingerprint density at radius 2 is 2.33 bits per heavy atom. The van der Waals surface area contributed by atoms with Crippen molar-refractivity contribution in [3.63, 3.8) is 0 Å². The Balaban J connectivity index is 1.88. The van der Waals surface area contributed by atoms with E-state index in [4.69, 9.17) is 10.1 Å². The summed E-state index contributed by atoms with van der Waals surface area (Å²) < 4.78 is 5.13. The monoisotopic (exact) mass is 250 g/mol. The van der Waals surface area contributed by atoms with Gasteiger partial charge in [0.2, 0.25) is 11.8 Å². The lowest BCUT2D eigenvalue weighted by atomic mass is 9.97. The normalized spacial score (nSPS) is 16.4. The highest BCUT2D eigenvalue weighted by molar-refractivity contribution is 5.78. The van der Waals surface area contributed by atoms with Crippen molar-refractivity contribution in [2.75, 3.05) is 19.6 Å². The van der Waals surface area contributed by atoms with Gasteiger partial charge in [-0.05, 0) is 25.3 Å². The van der Waals surface area contributed by atoms with Gasteiger partial charge in [-0.1, -0.05) is 10.3 Å². The quantitative estimate of drug-likeness (QED) is 0.458. The van der Waals surface area contributed by atoms with Crippen LogP contribution in [-0.4, -0.2) is 40.6 Å². The van der Waals surface area contributed by atoms with Crippen LogP contribution < -0.4 is 0 Å². The molecular formula is C10H14N6O2. The minimum absolute atomic E-state index is 0.110. The fourth-order valence-electron chi connectivity index (χ4n) is 2.05. The number of likely N-dealkylation sites (tertiary alicyclic amines) is 1. The molecule has 96 valence electrons. The summed E-state index contributed by atoms with van der Waals surface area (Å²) in [6.07, 6.45) is 1.59. The zero-order valence-electron chi connectivity index (χ0n) is 10.1. The Labute approximate surface area is 104 Å². The average Bonchev–Trinajstić information content (AvgIpc) is 2.83. The molecule has 1 aliphatic heterocycles. The SMILES string of the molecule is Cc1noc(C2CCN(C(=O)CN=[N+]=[N-])CC2)n1. The van der Waals surface area contributed by atoms with Gasteiger partial charge in [-0.2, -0.15) is 4.98 Å². The Morgan fingerprint density at radius 3 is 2.89 bits per heavy atom. The lowest BCUT2D eigenvalue weighted by molar-refractivity contribution is -0.130. The minimum atomic E-state index is -0.132. The Kier molecular flexibility index (Phi) is 3.78. The van der Waals surface area contributed by atoms with Crippen molar-refractivity contribution < 1.29 is 9.32 Å². The molecule has 0 radical (unpaired) electrons. The molecule has 8 heteroatoms. The number of nitrogens with zero attached hydrogens (tertiary/aromatic N) is 6. The van der Waals surface area contributed by atoms with E-state index >= 15 is 0 Å². The molecule has 1 aromatic heterocycles. The lowest BCUT2D eigenvalue weighted by Gasteiger charge is -2.30. The number of carbonyl (C=O) groups excluding carboxylic acids is 1. The van der Waals surface area contributed by atoms with Crippen molar-refractivity contribution in [2.45, 2.75) is 25.7 Å². The number of aryl methyl sites for hydroxylation is 1. The molecule has 1 fully saturated rings. The van der Waals surface area contributed by atoms with Crippen LogP contribution in [0.25, 0.3) is 10.4 Å². The fraction of sp³-hybridized carbons (Fsp3) is 0.700. The highest BCUT2D eigenvalue weighted by Crippen LogP contribution is 2.26. The van der Waals surface area contributed by atoms with E-state index in [0.717, 1.165) is 12.8 Å².